The molecule has 2 rings (SSSR count). The largest absolute Gasteiger partial charge is 0.332 e. The van der Waals surface area contributed by atoms with E-state index in [4.69, 9.17) is 0 Å². The number of hydrogen-bond donors (Lipinski definition) is 1. The van der Waals surface area contributed by atoms with Crippen LogP contribution in [0.25, 0.3) is 0 Å². The van der Waals surface area contributed by atoms with Crippen LogP contribution in [0.5, 0.6) is 0 Å². The van der Waals surface area contributed by atoms with Crippen LogP contribution >= 0.6 is 11.3 Å². The molecule has 124 valence electrons. The highest BCUT2D eigenvalue weighted by Crippen LogP contribution is 2.18. The average molecular weight is 330 g/mol. The topological polar surface area (TPSA) is 32.3 Å². The van der Waals surface area contributed by atoms with Crippen LogP contribution in [-0.4, -0.2) is 23.4 Å². The number of nitrogens with zero attached hydrogens (tertiary/aromatic N) is 1. The third kappa shape index (κ3) is 5.81. The third-order valence-corrected chi connectivity index (χ3v) is 4.91. The van der Waals surface area contributed by atoms with Crippen LogP contribution in [0.1, 0.15) is 35.6 Å². The summed E-state index contributed by atoms with van der Waals surface area (Å²) in [5, 5.41) is 3.30. The minimum absolute atomic E-state index is 0.153. The van der Waals surface area contributed by atoms with Crippen molar-refractivity contribution in [3.05, 3.63) is 57.8 Å². The highest BCUT2D eigenvalue weighted by atomic mass is 32.1. The quantitative estimate of drug-likeness (QED) is 0.794. The minimum Gasteiger partial charge on any atom is -0.332 e. The Balaban J connectivity index is 2.05. The summed E-state index contributed by atoms with van der Waals surface area (Å²) in [4.78, 5) is 17.1. The SMILES string of the molecule is CC[C@@H](C)NCC(=O)N(Cc1ccccc1)Cc1ccc(C)s1. The van der Waals surface area contributed by atoms with Crippen molar-refractivity contribution in [2.45, 2.75) is 46.3 Å². The van der Waals surface area contributed by atoms with Gasteiger partial charge >= 0.3 is 0 Å². The zero-order chi connectivity index (χ0) is 16.7. The molecular formula is C19H26N2OS. The van der Waals surface area contributed by atoms with Crippen molar-refractivity contribution in [3.63, 3.8) is 0 Å². The van der Waals surface area contributed by atoms with Crippen molar-refractivity contribution in [2.75, 3.05) is 6.54 Å². The lowest BCUT2D eigenvalue weighted by Crippen LogP contribution is -2.40. The monoisotopic (exact) mass is 330 g/mol. The fraction of sp³-hybridized carbons (Fsp3) is 0.421. The fourth-order valence-corrected chi connectivity index (χ4v) is 3.22. The number of nitrogens with one attached hydrogen (secondary N) is 1. The van der Waals surface area contributed by atoms with Crippen molar-refractivity contribution < 1.29 is 4.79 Å². The summed E-state index contributed by atoms with van der Waals surface area (Å²) in [6.45, 7) is 8.05. The number of aryl methyl sites for hydroxylation is 1. The Morgan fingerprint density at radius 3 is 2.52 bits per heavy atom. The van der Waals surface area contributed by atoms with Crippen molar-refractivity contribution in [1.82, 2.24) is 10.2 Å². The van der Waals surface area contributed by atoms with Gasteiger partial charge in [0.25, 0.3) is 0 Å². The molecule has 0 aliphatic rings. The highest BCUT2D eigenvalue weighted by molar-refractivity contribution is 7.11. The standard InChI is InChI=1S/C19H26N2OS/c1-4-15(2)20-12-19(22)21(13-17-8-6-5-7-9-17)14-18-11-10-16(3)23-18/h5-11,15,20H,4,12-14H2,1-3H3/t15-/m1/s1. The van der Waals surface area contributed by atoms with Gasteiger partial charge in [0.15, 0.2) is 0 Å². The van der Waals surface area contributed by atoms with Crippen molar-refractivity contribution in [1.29, 1.82) is 0 Å². The molecule has 1 aromatic carbocycles. The third-order valence-electron chi connectivity index (χ3n) is 3.93. The van der Waals surface area contributed by atoms with Gasteiger partial charge in [-0.3, -0.25) is 4.79 Å². The smallest absolute Gasteiger partial charge is 0.237 e. The average Bonchev–Trinajstić information content (AvgIpc) is 2.97. The van der Waals surface area contributed by atoms with Gasteiger partial charge in [0.2, 0.25) is 5.91 Å². The lowest BCUT2D eigenvalue weighted by atomic mass is 10.2. The first-order valence-corrected chi connectivity index (χ1v) is 9.00. The van der Waals surface area contributed by atoms with Gasteiger partial charge in [-0.25, -0.2) is 0 Å². The second kappa shape index (κ2) is 8.85. The first-order chi connectivity index (χ1) is 11.1. The fourth-order valence-electron chi connectivity index (χ4n) is 2.31. The van der Waals surface area contributed by atoms with Crippen molar-refractivity contribution in [3.8, 4) is 0 Å². The maximum absolute atomic E-state index is 12.6. The molecular weight excluding hydrogens is 304 g/mol. The molecule has 0 spiro atoms. The van der Waals surface area contributed by atoms with Crippen LogP contribution < -0.4 is 5.32 Å². The molecule has 1 aromatic heterocycles. The second-order valence-corrected chi connectivity index (χ2v) is 7.31. The van der Waals surface area contributed by atoms with Crippen LogP contribution in [0.4, 0.5) is 0 Å². The Morgan fingerprint density at radius 2 is 1.91 bits per heavy atom. The number of benzene rings is 1. The van der Waals surface area contributed by atoms with E-state index in [9.17, 15) is 4.79 Å². The predicted molar refractivity (Wildman–Crippen MR) is 97.5 cm³/mol. The molecule has 0 saturated carbocycles. The summed E-state index contributed by atoms with van der Waals surface area (Å²) in [7, 11) is 0. The molecule has 0 bridgehead atoms. The van der Waals surface area contributed by atoms with Gasteiger partial charge in [0, 0.05) is 22.3 Å². The molecule has 4 heteroatoms. The van der Waals surface area contributed by atoms with E-state index in [1.165, 1.54) is 9.75 Å². The van der Waals surface area contributed by atoms with Crippen molar-refractivity contribution in [2.24, 2.45) is 0 Å². The number of hydrogen-bond acceptors (Lipinski definition) is 3. The molecule has 0 saturated heterocycles. The predicted octanol–water partition coefficient (Wildman–Crippen LogP) is 3.97. The van der Waals surface area contributed by atoms with Gasteiger partial charge < -0.3 is 10.2 Å². The Morgan fingerprint density at radius 1 is 1.17 bits per heavy atom. The highest BCUT2D eigenvalue weighted by Gasteiger charge is 2.16. The van der Waals surface area contributed by atoms with Crippen LogP contribution in [-0.2, 0) is 17.9 Å². The number of rotatable bonds is 8. The summed E-state index contributed by atoms with van der Waals surface area (Å²) in [5.41, 5.74) is 1.16. The molecule has 23 heavy (non-hydrogen) atoms. The summed E-state index contributed by atoms with van der Waals surface area (Å²) >= 11 is 1.76. The minimum atomic E-state index is 0.153. The Bertz CT molecular complexity index is 609. The van der Waals surface area contributed by atoms with Gasteiger partial charge in [-0.1, -0.05) is 37.3 Å². The first kappa shape index (κ1) is 17.7. The summed E-state index contributed by atoms with van der Waals surface area (Å²) in [5.74, 6) is 0.153. The molecule has 1 N–H and O–H groups in total. The van der Waals surface area contributed by atoms with Gasteiger partial charge in [-0.05, 0) is 38.0 Å². The normalized spacial score (nSPS) is 12.1. The molecule has 1 amide bonds. The maximum Gasteiger partial charge on any atom is 0.237 e. The van der Waals surface area contributed by atoms with E-state index in [0.29, 0.717) is 25.7 Å². The van der Waals surface area contributed by atoms with Gasteiger partial charge in [0.1, 0.15) is 0 Å². The molecule has 0 fully saturated rings. The Labute approximate surface area is 143 Å². The lowest BCUT2D eigenvalue weighted by molar-refractivity contribution is -0.131. The summed E-state index contributed by atoms with van der Waals surface area (Å²) in [6, 6.07) is 14.8. The van der Waals surface area contributed by atoms with Gasteiger partial charge in [-0.15, -0.1) is 11.3 Å². The zero-order valence-corrected chi connectivity index (χ0v) is 15.0. The molecule has 1 heterocycles. The molecule has 0 aliphatic heterocycles. The number of carbonyl (C=O) groups is 1. The zero-order valence-electron chi connectivity index (χ0n) is 14.2. The van der Waals surface area contributed by atoms with Crippen LogP contribution in [0.2, 0.25) is 0 Å². The van der Waals surface area contributed by atoms with E-state index >= 15 is 0 Å². The van der Waals surface area contributed by atoms with E-state index in [1.54, 1.807) is 11.3 Å². The molecule has 0 radical (unpaired) electrons. The Hall–Kier alpha value is -1.65. The van der Waals surface area contributed by atoms with Crippen LogP contribution in [0, 0.1) is 6.92 Å². The first-order valence-electron chi connectivity index (χ1n) is 8.19. The van der Waals surface area contributed by atoms with Gasteiger partial charge in [0.05, 0.1) is 13.1 Å². The maximum atomic E-state index is 12.6. The molecule has 0 aliphatic carbocycles. The molecule has 1 atom stereocenters. The Kier molecular flexibility index (Phi) is 6.81. The lowest BCUT2D eigenvalue weighted by Gasteiger charge is -2.23. The van der Waals surface area contributed by atoms with E-state index in [0.717, 1.165) is 12.0 Å². The van der Waals surface area contributed by atoms with E-state index in [2.05, 4.69) is 50.4 Å². The van der Waals surface area contributed by atoms with Crippen molar-refractivity contribution >= 4 is 17.2 Å². The molecule has 0 unspecified atom stereocenters. The van der Waals surface area contributed by atoms with Crippen LogP contribution in [0.15, 0.2) is 42.5 Å². The number of amides is 1. The summed E-state index contributed by atoms with van der Waals surface area (Å²) < 4.78 is 0. The van der Waals surface area contributed by atoms with E-state index < -0.39 is 0 Å². The summed E-state index contributed by atoms with van der Waals surface area (Å²) in [6.07, 6.45) is 1.02. The second-order valence-electron chi connectivity index (χ2n) is 5.94. The molecule has 2 aromatic rings. The van der Waals surface area contributed by atoms with E-state index in [1.807, 2.05) is 23.1 Å². The van der Waals surface area contributed by atoms with E-state index in [-0.39, 0.29) is 5.91 Å². The van der Waals surface area contributed by atoms with Gasteiger partial charge in [-0.2, -0.15) is 0 Å². The molecule has 3 nitrogen and oxygen atoms in total. The number of thiophene rings is 1. The number of carbonyl (C=O) groups excluding carboxylic acids is 1. The van der Waals surface area contributed by atoms with Crippen LogP contribution in [0.3, 0.4) is 0 Å².